The lowest BCUT2D eigenvalue weighted by atomic mass is 9.95. The van der Waals surface area contributed by atoms with Gasteiger partial charge in [-0.25, -0.2) is 0 Å². The van der Waals surface area contributed by atoms with Crippen molar-refractivity contribution in [2.24, 2.45) is 5.92 Å². The number of ether oxygens (including phenoxy) is 1. The fourth-order valence-electron chi connectivity index (χ4n) is 3.89. The highest BCUT2D eigenvalue weighted by atomic mass is 16.5. The second kappa shape index (κ2) is 10.5. The maximum absolute atomic E-state index is 12.9. The predicted molar refractivity (Wildman–Crippen MR) is 123 cm³/mol. The number of carbonyl (C=O) groups is 2. The molecule has 0 radical (unpaired) electrons. The zero-order chi connectivity index (χ0) is 22.4. The number of benzene rings is 2. The third kappa shape index (κ3) is 6.09. The van der Waals surface area contributed by atoms with E-state index in [4.69, 9.17) is 4.74 Å². The molecule has 2 aromatic carbocycles. The Kier molecular flexibility index (Phi) is 7.72. The zero-order valence-corrected chi connectivity index (χ0v) is 19.1. The number of likely N-dealkylation sites (tertiary alicyclic amines) is 1. The minimum atomic E-state index is -0.551. The Morgan fingerprint density at radius 3 is 2.39 bits per heavy atom. The first-order valence-electron chi connectivity index (χ1n) is 11.2. The van der Waals surface area contributed by atoms with E-state index in [2.05, 4.69) is 25.2 Å². The molecular weight excluding hydrogens is 388 g/mol. The molecule has 0 aliphatic carbocycles. The lowest BCUT2D eigenvalue weighted by molar-refractivity contribution is -0.141. The number of rotatable bonds is 7. The quantitative estimate of drug-likeness (QED) is 0.718. The highest BCUT2D eigenvalue weighted by Crippen LogP contribution is 2.26. The van der Waals surface area contributed by atoms with Gasteiger partial charge >= 0.3 is 0 Å². The van der Waals surface area contributed by atoms with Gasteiger partial charge in [0, 0.05) is 25.6 Å². The Hall–Kier alpha value is -2.82. The van der Waals surface area contributed by atoms with Crippen LogP contribution in [0.4, 0.5) is 0 Å². The summed E-state index contributed by atoms with van der Waals surface area (Å²) >= 11 is 0. The van der Waals surface area contributed by atoms with E-state index in [-0.39, 0.29) is 17.7 Å². The van der Waals surface area contributed by atoms with Crippen LogP contribution in [0.3, 0.4) is 0 Å². The number of nitrogens with zero attached hydrogens (tertiary/aromatic N) is 1. The summed E-state index contributed by atoms with van der Waals surface area (Å²) in [6.45, 7) is 9.80. The summed E-state index contributed by atoms with van der Waals surface area (Å²) in [4.78, 5) is 27.3. The molecule has 1 aliphatic rings. The smallest absolute Gasteiger partial charge is 0.263 e. The van der Waals surface area contributed by atoms with Gasteiger partial charge in [0.05, 0.1) is 0 Å². The van der Waals surface area contributed by atoms with Crippen molar-refractivity contribution in [1.29, 1.82) is 0 Å². The molecule has 166 valence electrons. The number of piperidine rings is 1. The molecule has 2 amide bonds. The van der Waals surface area contributed by atoms with Crippen LogP contribution in [0.1, 0.15) is 56.2 Å². The van der Waals surface area contributed by atoms with Crippen LogP contribution in [0.25, 0.3) is 0 Å². The maximum Gasteiger partial charge on any atom is 0.263 e. The fourth-order valence-corrected chi connectivity index (χ4v) is 3.89. The molecule has 0 saturated carbocycles. The highest BCUT2D eigenvalue weighted by Gasteiger charge is 2.30. The van der Waals surface area contributed by atoms with Crippen molar-refractivity contribution < 1.29 is 14.3 Å². The summed E-state index contributed by atoms with van der Waals surface area (Å²) in [6, 6.07) is 16.1. The van der Waals surface area contributed by atoms with Crippen LogP contribution < -0.4 is 10.1 Å². The molecule has 1 atom stereocenters. The number of hydrogen-bond acceptors (Lipinski definition) is 3. The largest absolute Gasteiger partial charge is 0.481 e. The van der Waals surface area contributed by atoms with E-state index in [1.807, 2.05) is 61.2 Å². The number of hydrogen-bond donors (Lipinski definition) is 1. The van der Waals surface area contributed by atoms with Crippen molar-refractivity contribution in [3.8, 4) is 5.75 Å². The molecule has 0 aromatic heterocycles. The predicted octanol–water partition coefficient (Wildman–Crippen LogP) is 4.44. The van der Waals surface area contributed by atoms with Crippen molar-refractivity contribution in [2.75, 3.05) is 13.1 Å². The highest BCUT2D eigenvalue weighted by molar-refractivity contribution is 5.82. The van der Waals surface area contributed by atoms with Crippen LogP contribution in [0.5, 0.6) is 5.75 Å². The molecule has 1 N–H and O–H groups in total. The van der Waals surface area contributed by atoms with Gasteiger partial charge in [0.15, 0.2) is 6.10 Å². The van der Waals surface area contributed by atoms with Crippen LogP contribution in [0.2, 0.25) is 0 Å². The normalized spacial score (nSPS) is 15.6. The lowest BCUT2D eigenvalue weighted by Gasteiger charge is -2.33. The molecular formula is C26H34N2O3. The fraction of sp³-hybridized carbons (Fsp3) is 0.462. The third-order valence-electron chi connectivity index (χ3n) is 6.02. The Morgan fingerprint density at radius 2 is 1.74 bits per heavy atom. The van der Waals surface area contributed by atoms with Gasteiger partial charge in [-0.2, -0.15) is 0 Å². The third-order valence-corrected chi connectivity index (χ3v) is 6.02. The van der Waals surface area contributed by atoms with E-state index in [0.717, 1.165) is 16.9 Å². The van der Waals surface area contributed by atoms with Crippen LogP contribution in [-0.4, -0.2) is 35.9 Å². The van der Waals surface area contributed by atoms with Gasteiger partial charge in [0.25, 0.3) is 5.91 Å². The van der Waals surface area contributed by atoms with Crippen molar-refractivity contribution >= 4 is 11.8 Å². The molecule has 5 heteroatoms. The van der Waals surface area contributed by atoms with Crippen molar-refractivity contribution in [3.05, 3.63) is 65.2 Å². The Bertz CT molecular complexity index is 887. The van der Waals surface area contributed by atoms with E-state index in [9.17, 15) is 9.59 Å². The first-order chi connectivity index (χ1) is 14.8. The molecule has 31 heavy (non-hydrogen) atoms. The van der Waals surface area contributed by atoms with E-state index in [1.165, 1.54) is 5.56 Å². The van der Waals surface area contributed by atoms with Crippen LogP contribution >= 0.6 is 0 Å². The summed E-state index contributed by atoms with van der Waals surface area (Å²) in [7, 11) is 0. The second-order valence-corrected chi connectivity index (χ2v) is 8.74. The molecule has 5 nitrogen and oxygen atoms in total. The van der Waals surface area contributed by atoms with Gasteiger partial charge in [0.2, 0.25) is 5.91 Å². The van der Waals surface area contributed by atoms with Crippen LogP contribution in [-0.2, 0) is 16.1 Å². The Labute approximate surface area is 185 Å². The first kappa shape index (κ1) is 22.9. The van der Waals surface area contributed by atoms with Gasteiger partial charge in [-0.1, -0.05) is 56.3 Å². The molecule has 1 fully saturated rings. The van der Waals surface area contributed by atoms with Gasteiger partial charge in [-0.05, 0) is 55.4 Å². The monoisotopic (exact) mass is 422 g/mol. The number of carbonyl (C=O) groups excluding carboxylic acids is 2. The SMILES string of the molecule is Cc1ccc(C(C)C)cc1O[C@H](C)C(=O)N1CCC(C(=O)NCc2ccccc2)CC1. The maximum atomic E-state index is 12.9. The first-order valence-corrected chi connectivity index (χ1v) is 11.2. The number of amides is 2. The number of nitrogens with one attached hydrogen (secondary N) is 1. The molecule has 3 rings (SSSR count). The zero-order valence-electron chi connectivity index (χ0n) is 19.1. The Morgan fingerprint density at radius 1 is 1.06 bits per heavy atom. The van der Waals surface area contributed by atoms with Crippen molar-refractivity contribution in [2.45, 2.75) is 59.1 Å². The summed E-state index contributed by atoms with van der Waals surface area (Å²) in [5, 5.41) is 3.02. The van der Waals surface area contributed by atoms with Crippen molar-refractivity contribution in [3.63, 3.8) is 0 Å². The standard InChI is InChI=1S/C26H34N2O3/c1-18(2)23-11-10-19(3)24(16-23)31-20(4)26(30)28-14-12-22(13-15-28)25(29)27-17-21-8-6-5-7-9-21/h5-11,16,18,20,22H,12-15,17H2,1-4H3,(H,27,29)/t20-/m1/s1. The molecule has 0 spiro atoms. The molecule has 1 aliphatic heterocycles. The van der Waals surface area contributed by atoms with Gasteiger partial charge in [-0.3, -0.25) is 9.59 Å². The molecule has 0 unspecified atom stereocenters. The van der Waals surface area contributed by atoms with E-state index < -0.39 is 6.10 Å². The summed E-state index contributed by atoms with van der Waals surface area (Å²) in [6.07, 6.45) is 0.812. The van der Waals surface area contributed by atoms with E-state index in [0.29, 0.717) is 38.4 Å². The van der Waals surface area contributed by atoms with Gasteiger partial charge in [0.1, 0.15) is 5.75 Å². The average Bonchev–Trinajstić information content (AvgIpc) is 2.79. The van der Waals surface area contributed by atoms with Crippen LogP contribution in [0.15, 0.2) is 48.5 Å². The van der Waals surface area contributed by atoms with E-state index >= 15 is 0 Å². The average molecular weight is 423 g/mol. The lowest BCUT2D eigenvalue weighted by Crippen LogP contribution is -2.47. The summed E-state index contributed by atoms with van der Waals surface area (Å²) in [5.41, 5.74) is 3.31. The van der Waals surface area contributed by atoms with Crippen molar-refractivity contribution in [1.82, 2.24) is 10.2 Å². The van der Waals surface area contributed by atoms with E-state index in [1.54, 1.807) is 0 Å². The molecule has 2 aromatic rings. The van der Waals surface area contributed by atoms with Gasteiger partial charge < -0.3 is 15.0 Å². The minimum absolute atomic E-state index is 0.0162. The molecule has 1 heterocycles. The molecule has 1 saturated heterocycles. The Balaban J connectivity index is 1.49. The van der Waals surface area contributed by atoms with Crippen LogP contribution in [0, 0.1) is 12.8 Å². The van der Waals surface area contributed by atoms with Gasteiger partial charge in [-0.15, -0.1) is 0 Å². The molecule has 0 bridgehead atoms. The summed E-state index contributed by atoms with van der Waals surface area (Å²) in [5.74, 6) is 1.18. The topological polar surface area (TPSA) is 58.6 Å². The number of aryl methyl sites for hydroxylation is 1. The second-order valence-electron chi connectivity index (χ2n) is 8.74. The summed E-state index contributed by atoms with van der Waals surface area (Å²) < 4.78 is 6.04. The minimum Gasteiger partial charge on any atom is -0.481 e.